The van der Waals surface area contributed by atoms with Gasteiger partial charge in [0, 0.05) is 12.2 Å². The minimum absolute atomic E-state index is 0.196. The van der Waals surface area contributed by atoms with Crippen LogP contribution in [0.5, 0.6) is 0 Å². The second kappa shape index (κ2) is 6.97. The van der Waals surface area contributed by atoms with Crippen LogP contribution >= 0.6 is 0 Å². The number of hydrogen-bond donors (Lipinski definition) is 2. The molecule has 3 heteroatoms. The highest BCUT2D eigenvalue weighted by Crippen LogP contribution is 2.17. The minimum Gasteiger partial charge on any atom is -0.478 e. The van der Waals surface area contributed by atoms with E-state index < -0.39 is 5.97 Å². The van der Waals surface area contributed by atoms with Gasteiger partial charge in [-0.25, -0.2) is 4.79 Å². The lowest BCUT2D eigenvalue weighted by atomic mass is 9.96. The standard InChI is InChI=1S/C15H20O3/c1-11(15(17)18)8-9-14-6-3-5-13(12(14)2)7-4-10-16/h3,5-6,8,16H,4,7,9-10H2,1-2H3,(H,17,18). The van der Waals surface area contributed by atoms with Gasteiger partial charge in [0.1, 0.15) is 0 Å². The zero-order chi connectivity index (χ0) is 13.5. The van der Waals surface area contributed by atoms with Crippen LogP contribution in [0.1, 0.15) is 30.0 Å². The number of carbonyl (C=O) groups is 1. The highest BCUT2D eigenvalue weighted by atomic mass is 16.4. The molecule has 1 aromatic rings. The highest BCUT2D eigenvalue weighted by molar-refractivity contribution is 5.85. The third-order valence-electron chi connectivity index (χ3n) is 3.13. The Morgan fingerprint density at radius 1 is 1.33 bits per heavy atom. The first kappa shape index (κ1) is 14.5. The number of rotatable bonds is 6. The Kier molecular flexibility index (Phi) is 5.59. The number of hydrogen-bond acceptors (Lipinski definition) is 2. The molecular formula is C15H20O3. The van der Waals surface area contributed by atoms with Crippen LogP contribution in [0.25, 0.3) is 0 Å². The Morgan fingerprint density at radius 3 is 2.61 bits per heavy atom. The molecule has 2 N–H and O–H groups in total. The lowest BCUT2D eigenvalue weighted by Crippen LogP contribution is -1.99. The van der Waals surface area contributed by atoms with Crippen LogP contribution in [0.2, 0.25) is 0 Å². The predicted molar refractivity (Wildman–Crippen MR) is 71.7 cm³/mol. The summed E-state index contributed by atoms with van der Waals surface area (Å²) in [5, 5.41) is 17.7. The zero-order valence-corrected chi connectivity index (χ0v) is 10.9. The maximum absolute atomic E-state index is 10.7. The first-order chi connectivity index (χ1) is 8.56. The van der Waals surface area contributed by atoms with Crippen molar-refractivity contribution in [3.63, 3.8) is 0 Å². The normalized spacial score (nSPS) is 11.6. The molecule has 18 heavy (non-hydrogen) atoms. The van der Waals surface area contributed by atoms with Crippen molar-refractivity contribution in [2.75, 3.05) is 6.61 Å². The number of carboxylic acid groups (broad SMARTS) is 1. The van der Waals surface area contributed by atoms with Crippen LogP contribution < -0.4 is 0 Å². The maximum atomic E-state index is 10.7. The molecule has 0 aromatic heterocycles. The van der Waals surface area contributed by atoms with Crippen molar-refractivity contribution in [2.45, 2.75) is 33.1 Å². The molecule has 0 bridgehead atoms. The Labute approximate surface area is 108 Å². The summed E-state index contributed by atoms with van der Waals surface area (Å²) in [5.74, 6) is -0.871. The Bertz CT molecular complexity index is 447. The first-order valence-corrected chi connectivity index (χ1v) is 6.14. The van der Waals surface area contributed by atoms with E-state index in [0.717, 1.165) is 18.4 Å². The van der Waals surface area contributed by atoms with Gasteiger partial charge in [-0.2, -0.15) is 0 Å². The van der Waals surface area contributed by atoms with Crippen LogP contribution in [-0.4, -0.2) is 22.8 Å². The summed E-state index contributed by atoms with van der Waals surface area (Å²) in [5.41, 5.74) is 3.93. The Balaban J connectivity index is 2.84. The van der Waals surface area contributed by atoms with Gasteiger partial charge in [0.25, 0.3) is 0 Å². The highest BCUT2D eigenvalue weighted by Gasteiger charge is 2.04. The van der Waals surface area contributed by atoms with Crippen molar-refractivity contribution in [3.05, 3.63) is 46.5 Å². The number of benzene rings is 1. The molecule has 0 spiro atoms. The molecule has 0 saturated heterocycles. The van der Waals surface area contributed by atoms with E-state index in [0.29, 0.717) is 12.0 Å². The fourth-order valence-electron chi connectivity index (χ4n) is 1.85. The predicted octanol–water partition coefficient (Wildman–Crippen LogP) is 2.49. The summed E-state index contributed by atoms with van der Waals surface area (Å²) in [6.07, 6.45) is 3.99. The fraction of sp³-hybridized carbons (Fsp3) is 0.400. The molecule has 0 radical (unpaired) electrons. The SMILES string of the molecule is CC(=CCc1cccc(CCCO)c1C)C(=O)O. The van der Waals surface area contributed by atoms with Gasteiger partial charge in [-0.15, -0.1) is 0 Å². The minimum atomic E-state index is -0.871. The monoisotopic (exact) mass is 248 g/mol. The largest absolute Gasteiger partial charge is 0.478 e. The maximum Gasteiger partial charge on any atom is 0.330 e. The van der Waals surface area contributed by atoms with Gasteiger partial charge in [0.05, 0.1) is 0 Å². The quantitative estimate of drug-likeness (QED) is 0.760. The first-order valence-electron chi connectivity index (χ1n) is 6.14. The molecular weight excluding hydrogens is 228 g/mol. The molecule has 0 aliphatic rings. The van der Waals surface area contributed by atoms with Crippen LogP contribution in [0.4, 0.5) is 0 Å². The van der Waals surface area contributed by atoms with Gasteiger partial charge in [-0.1, -0.05) is 24.3 Å². The molecule has 98 valence electrons. The van der Waals surface area contributed by atoms with Gasteiger partial charge in [-0.05, 0) is 49.8 Å². The lowest BCUT2D eigenvalue weighted by Gasteiger charge is -2.09. The molecule has 1 aromatic carbocycles. The van der Waals surface area contributed by atoms with Crippen molar-refractivity contribution < 1.29 is 15.0 Å². The number of carboxylic acids is 1. The molecule has 0 saturated carbocycles. The molecule has 0 aliphatic heterocycles. The van der Waals surface area contributed by atoms with Crippen LogP contribution in [0.15, 0.2) is 29.8 Å². The van der Waals surface area contributed by atoms with E-state index in [1.54, 1.807) is 13.0 Å². The summed E-state index contributed by atoms with van der Waals surface area (Å²) < 4.78 is 0. The number of aliphatic hydroxyl groups excluding tert-OH is 1. The lowest BCUT2D eigenvalue weighted by molar-refractivity contribution is -0.132. The molecule has 0 unspecified atom stereocenters. The number of aliphatic carboxylic acids is 1. The average molecular weight is 248 g/mol. The third-order valence-corrected chi connectivity index (χ3v) is 3.13. The third kappa shape index (κ3) is 4.00. The Morgan fingerprint density at radius 2 is 2.00 bits per heavy atom. The summed E-state index contributed by atoms with van der Waals surface area (Å²) in [7, 11) is 0. The van der Waals surface area contributed by atoms with Gasteiger partial charge in [0.15, 0.2) is 0 Å². The summed E-state index contributed by atoms with van der Waals surface area (Å²) >= 11 is 0. The molecule has 0 fully saturated rings. The summed E-state index contributed by atoms with van der Waals surface area (Å²) in [6.45, 7) is 3.85. The van der Waals surface area contributed by atoms with Gasteiger partial charge < -0.3 is 10.2 Å². The average Bonchev–Trinajstić information content (AvgIpc) is 2.35. The summed E-state index contributed by atoms with van der Waals surface area (Å²) in [4.78, 5) is 10.7. The van der Waals surface area contributed by atoms with Gasteiger partial charge in [0.2, 0.25) is 0 Å². The molecule has 0 amide bonds. The van der Waals surface area contributed by atoms with E-state index >= 15 is 0 Å². The topological polar surface area (TPSA) is 57.5 Å². The van der Waals surface area contributed by atoms with Crippen molar-refractivity contribution in [2.24, 2.45) is 0 Å². The number of aliphatic hydroxyl groups is 1. The van der Waals surface area contributed by atoms with Crippen molar-refractivity contribution >= 4 is 5.97 Å². The molecule has 0 atom stereocenters. The second-order valence-corrected chi connectivity index (χ2v) is 4.42. The van der Waals surface area contributed by atoms with E-state index in [4.69, 9.17) is 10.2 Å². The Hall–Kier alpha value is -1.61. The van der Waals surface area contributed by atoms with E-state index in [2.05, 4.69) is 6.07 Å². The van der Waals surface area contributed by atoms with Crippen LogP contribution in [-0.2, 0) is 17.6 Å². The summed E-state index contributed by atoms with van der Waals surface area (Å²) in [6, 6.07) is 6.06. The van der Waals surface area contributed by atoms with Crippen molar-refractivity contribution in [1.29, 1.82) is 0 Å². The van der Waals surface area contributed by atoms with Crippen LogP contribution in [0, 0.1) is 6.92 Å². The smallest absolute Gasteiger partial charge is 0.330 e. The van der Waals surface area contributed by atoms with E-state index in [9.17, 15) is 4.79 Å². The van der Waals surface area contributed by atoms with Gasteiger partial charge >= 0.3 is 5.97 Å². The van der Waals surface area contributed by atoms with E-state index in [-0.39, 0.29) is 6.61 Å². The fourth-order valence-corrected chi connectivity index (χ4v) is 1.85. The van der Waals surface area contributed by atoms with Crippen molar-refractivity contribution in [1.82, 2.24) is 0 Å². The zero-order valence-electron chi connectivity index (χ0n) is 10.9. The van der Waals surface area contributed by atoms with Crippen molar-refractivity contribution in [3.8, 4) is 0 Å². The van der Waals surface area contributed by atoms with E-state index in [1.807, 2.05) is 19.1 Å². The van der Waals surface area contributed by atoms with Gasteiger partial charge in [-0.3, -0.25) is 0 Å². The molecule has 3 nitrogen and oxygen atoms in total. The number of allylic oxidation sites excluding steroid dienone is 1. The van der Waals surface area contributed by atoms with E-state index in [1.165, 1.54) is 11.1 Å². The molecule has 0 heterocycles. The number of aryl methyl sites for hydroxylation is 1. The van der Waals surface area contributed by atoms with Crippen LogP contribution in [0.3, 0.4) is 0 Å². The molecule has 1 rings (SSSR count). The second-order valence-electron chi connectivity index (χ2n) is 4.42. The molecule has 0 aliphatic carbocycles.